The Morgan fingerprint density at radius 3 is 2.38 bits per heavy atom. The highest BCUT2D eigenvalue weighted by molar-refractivity contribution is 14.1. The fourth-order valence-electron chi connectivity index (χ4n) is 3.57. The first kappa shape index (κ1) is 19.4. The van der Waals surface area contributed by atoms with E-state index in [-0.39, 0.29) is 11.9 Å². The Balaban J connectivity index is 1.60. The van der Waals surface area contributed by atoms with Crippen molar-refractivity contribution >= 4 is 28.5 Å². The highest BCUT2D eigenvalue weighted by Crippen LogP contribution is 2.20. The lowest BCUT2D eigenvalue weighted by Crippen LogP contribution is -2.29. The zero-order chi connectivity index (χ0) is 18.4. The van der Waals surface area contributed by atoms with Gasteiger partial charge in [-0.2, -0.15) is 0 Å². The van der Waals surface area contributed by atoms with E-state index in [4.69, 9.17) is 0 Å². The number of rotatable bonds is 6. The summed E-state index contributed by atoms with van der Waals surface area (Å²) in [5.41, 5.74) is 3.23. The first-order chi connectivity index (χ1) is 12.7. The van der Waals surface area contributed by atoms with E-state index in [9.17, 15) is 4.79 Å². The van der Waals surface area contributed by atoms with Gasteiger partial charge in [0.25, 0.3) is 5.91 Å². The Bertz CT molecular complexity index is 706. The van der Waals surface area contributed by atoms with Gasteiger partial charge in [0.1, 0.15) is 0 Å². The van der Waals surface area contributed by atoms with Gasteiger partial charge in [-0.05, 0) is 103 Å². The largest absolute Gasteiger partial charge is 0.345 e. The monoisotopic (exact) mass is 462 g/mol. The van der Waals surface area contributed by atoms with Gasteiger partial charge in [0.15, 0.2) is 0 Å². The number of carbonyl (C=O) groups is 1. The van der Waals surface area contributed by atoms with Crippen LogP contribution in [0, 0.1) is 9.49 Å². The smallest absolute Gasteiger partial charge is 0.251 e. The van der Waals surface area contributed by atoms with Crippen LogP contribution in [0.3, 0.4) is 0 Å². The molecule has 26 heavy (non-hydrogen) atoms. The molecule has 0 spiro atoms. The maximum Gasteiger partial charge on any atom is 0.251 e. The molecule has 3 nitrogen and oxygen atoms in total. The average Bonchev–Trinajstić information content (AvgIpc) is 2.68. The van der Waals surface area contributed by atoms with Crippen molar-refractivity contribution in [1.82, 2.24) is 10.6 Å². The SMILES string of the molecule is CC[C@@H](NC(=O)c1ccc(CC2CCNCC2)cc1)c1ccc(I)cc1. The van der Waals surface area contributed by atoms with Gasteiger partial charge in [0.2, 0.25) is 0 Å². The number of halogens is 1. The standard InChI is InChI=1S/C22H27IN2O/c1-2-21(18-7-9-20(23)10-8-18)25-22(26)19-5-3-16(4-6-19)15-17-11-13-24-14-12-17/h3-10,17,21,24H,2,11-15H2,1H3,(H,25,26)/t21-/m1/s1. The topological polar surface area (TPSA) is 41.1 Å². The summed E-state index contributed by atoms with van der Waals surface area (Å²) in [7, 11) is 0. The van der Waals surface area contributed by atoms with Crippen molar-refractivity contribution in [3.63, 3.8) is 0 Å². The van der Waals surface area contributed by atoms with Crippen molar-refractivity contribution in [3.05, 3.63) is 68.8 Å². The maximum atomic E-state index is 12.6. The molecule has 0 unspecified atom stereocenters. The summed E-state index contributed by atoms with van der Waals surface area (Å²) in [6.07, 6.45) is 4.48. The third-order valence-electron chi connectivity index (χ3n) is 5.19. The zero-order valence-corrected chi connectivity index (χ0v) is 17.5. The lowest BCUT2D eigenvalue weighted by molar-refractivity contribution is 0.0935. The molecule has 2 N–H and O–H groups in total. The molecule has 0 radical (unpaired) electrons. The summed E-state index contributed by atoms with van der Waals surface area (Å²) in [5, 5.41) is 6.58. The minimum Gasteiger partial charge on any atom is -0.345 e. The van der Waals surface area contributed by atoms with Crippen LogP contribution in [0.4, 0.5) is 0 Å². The second kappa shape index (κ2) is 9.51. The minimum absolute atomic E-state index is 0.00353. The summed E-state index contributed by atoms with van der Waals surface area (Å²) in [6.45, 7) is 4.36. The van der Waals surface area contributed by atoms with E-state index >= 15 is 0 Å². The Hall–Kier alpha value is -1.40. The molecule has 1 aliphatic rings. The van der Waals surface area contributed by atoms with Crippen LogP contribution >= 0.6 is 22.6 Å². The van der Waals surface area contributed by atoms with Gasteiger partial charge >= 0.3 is 0 Å². The molecular weight excluding hydrogens is 435 g/mol. The van der Waals surface area contributed by atoms with Gasteiger partial charge in [-0.25, -0.2) is 0 Å². The van der Waals surface area contributed by atoms with Crippen LogP contribution in [0.1, 0.15) is 53.7 Å². The van der Waals surface area contributed by atoms with E-state index < -0.39 is 0 Å². The lowest BCUT2D eigenvalue weighted by Gasteiger charge is -2.22. The molecule has 2 aromatic carbocycles. The van der Waals surface area contributed by atoms with Crippen LogP contribution in [-0.2, 0) is 6.42 Å². The second-order valence-electron chi connectivity index (χ2n) is 7.08. The van der Waals surface area contributed by atoms with Crippen molar-refractivity contribution in [2.24, 2.45) is 5.92 Å². The van der Waals surface area contributed by atoms with Gasteiger partial charge in [-0.3, -0.25) is 4.79 Å². The number of piperidine rings is 1. The molecule has 0 bridgehead atoms. The first-order valence-electron chi connectivity index (χ1n) is 9.51. The Morgan fingerprint density at radius 2 is 1.77 bits per heavy atom. The third-order valence-corrected chi connectivity index (χ3v) is 5.90. The molecule has 1 atom stereocenters. The van der Waals surface area contributed by atoms with E-state index in [1.54, 1.807) is 0 Å². The predicted octanol–water partition coefficient (Wildman–Crippen LogP) is 4.71. The summed E-state index contributed by atoms with van der Waals surface area (Å²) >= 11 is 2.30. The fourth-order valence-corrected chi connectivity index (χ4v) is 3.93. The van der Waals surface area contributed by atoms with E-state index in [1.807, 2.05) is 12.1 Å². The highest BCUT2D eigenvalue weighted by Gasteiger charge is 2.16. The van der Waals surface area contributed by atoms with E-state index in [1.165, 1.54) is 22.0 Å². The fraction of sp³-hybridized carbons (Fsp3) is 0.409. The van der Waals surface area contributed by atoms with Crippen molar-refractivity contribution < 1.29 is 4.79 Å². The zero-order valence-electron chi connectivity index (χ0n) is 15.3. The number of carbonyl (C=O) groups excluding carboxylic acids is 1. The summed E-state index contributed by atoms with van der Waals surface area (Å²) < 4.78 is 1.21. The molecule has 0 aromatic heterocycles. The van der Waals surface area contributed by atoms with Gasteiger partial charge in [0, 0.05) is 9.13 Å². The third kappa shape index (κ3) is 5.30. The summed E-state index contributed by atoms with van der Waals surface area (Å²) in [5.74, 6) is 0.769. The van der Waals surface area contributed by atoms with Crippen molar-refractivity contribution in [3.8, 4) is 0 Å². The number of benzene rings is 2. The quantitative estimate of drug-likeness (QED) is 0.611. The normalized spacial score (nSPS) is 16.2. The van der Waals surface area contributed by atoms with Crippen molar-refractivity contribution in [2.45, 2.75) is 38.6 Å². The number of hydrogen-bond acceptors (Lipinski definition) is 2. The first-order valence-corrected chi connectivity index (χ1v) is 10.6. The molecule has 1 fully saturated rings. The highest BCUT2D eigenvalue weighted by atomic mass is 127. The molecule has 0 aliphatic carbocycles. The van der Waals surface area contributed by atoms with Crippen LogP contribution in [0.25, 0.3) is 0 Å². The van der Waals surface area contributed by atoms with Gasteiger partial charge < -0.3 is 10.6 Å². The summed E-state index contributed by atoms with van der Waals surface area (Å²) in [6, 6.07) is 16.6. The van der Waals surface area contributed by atoms with Gasteiger partial charge in [-0.1, -0.05) is 31.2 Å². The molecule has 138 valence electrons. The van der Waals surface area contributed by atoms with Gasteiger partial charge in [0.05, 0.1) is 6.04 Å². The molecule has 4 heteroatoms. The van der Waals surface area contributed by atoms with Crippen LogP contribution < -0.4 is 10.6 Å². The second-order valence-corrected chi connectivity index (χ2v) is 8.33. The number of amides is 1. The number of nitrogens with one attached hydrogen (secondary N) is 2. The number of hydrogen-bond donors (Lipinski definition) is 2. The molecule has 1 saturated heterocycles. The average molecular weight is 462 g/mol. The van der Waals surface area contributed by atoms with Crippen LogP contribution in [0.15, 0.2) is 48.5 Å². The predicted molar refractivity (Wildman–Crippen MR) is 115 cm³/mol. The van der Waals surface area contributed by atoms with Gasteiger partial charge in [-0.15, -0.1) is 0 Å². The Morgan fingerprint density at radius 1 is 1.12 bits per heavy atom. The summed E-state index contributed by atoms with van der Waals surface area (Å²) in [4.78, 5) is 12.6. The molecule has 2 aromatic rings. The molecule has 1 amide bonds. The van der Waals surface area contributed by atoms with E-state index in [0.29, 0.717) is 0 Å². The van der Waals surface area contributed by atoms with E-state index in [0.717, 1.165) is 43.0 Å². The van der Waals surface area contributed by atoms with Crippen LogP contribution in [0.2, 0.25) is 0 Å². The molecule has 1 heterocycles. The van der Waals surface area contributed by atoms with E-state index in [2.05, 4.69) is 76.5 Å². The lowest BCUT2D eigenvalue weighted by atomic mass is 9.91. The molecule has 1 aliphatic heterocycles. The van der Waals surface area contributed by atoms with Crippen molar-refractivity contribution in [2.75, 3.05) is 13.1 Å². The Labute approximate surface area is 170 Å². The Kier molecular flexibility index (Phi) is 7.08. The van der Waals surface area contributed by atoms with Crippen LogP contribution in [0.5, 0.6) is 0 Å². The maximum absolute atomic E-state index is 12.6. The van der Waals surface area contributed by atoms with Crippen LogP contribution in [-0.4, -0.2) is 19.0 Å². The molecular formula is C22H27IN2O. The van der Waals surface area contributed by atoms with Crippen molar-refractivity contribution in [1.29, 1.82) is 0 Å². The minimum atomic E-state index is 0.00353. The molecule has 0 saturated carbocycles. The molecule has 3 rings (SSSR count).